The molecule has 0 bridgehead atoms. The van der Waals surface area contributed by atoms with E-state index < -0.39 is 0 Å². The van der Waals surface area contributed by atoms with Crippen molar-refractivity contribution in [2.24, 2.45) is 0 Å². The van der Waals surface area contributed by atoms with Crippen LogP contribution in [0.15, 0.2) is 36.9 Å². The maximum absolute atomic E-state index is 4.24. The zero-order chi connectivity index (χ0) is 10.3. The summed E-state index contributed by atoms with van der Waals surface area (Å²) >= 11 is 0. The summed E-state index contributed by atoms with van der Waals surface area (Å²) in [6, 6.07) is 5.95. The van der Waals surface area contributed by atoms with Gasteiger partial charge in [0, 0.05) is 6.20 Å². The topological polar surface area (TPSA) is 48.0 Å². The van der Waals surface area contributed by atoms with Crippen LogP contribution < -0.4 is 0 Å². The van der Waals surface area contributed by atoms with Crippen LogP contribution in [-0.2, 0) is 0 Å². The number of rotatable bonds is 1. The molecule has 0 fully saturated rings. The van der Waals surface area contributed by atoms with Crippen molar-refractivity contribution in [1.82, 2.24) is 24.4 Å². The maximum atomic E-state index is 4.24. The minimum absolute atomic E-state index is 0.760. The highest BCUT2D eigenvalue weighted by molar-refractivity contribution is 5.48. The molecule has 5 heteroatoms. The lowest BCUT2D eigenvalue weighted by atomic mass is 10.4. The van der Waals surface area contributed by atoms with Crippen LogP contribution in [0.4, 0.5) is 0 Å². The van der Waals surface area contributed by atoms with Gasteiger partial charge in [0.15, 0.2) is 0 Å². The maximum Gasteiger partial charge on any atom is 0.147 e. The SMILES string of the molecule is Cc1ncn(-c2ccc3ccnn3c2)n1. The van der Waals surface area contributed by atoms with Crippen LogP contribution in [0.1, 0.15) is 5.82 Å². The number of fused-ring (bicyclic) bond motifs is 1. The van der Waals surface area contributed by atoms with Gasteiger partial charge in [0.25, 0.3) is 0 Å². The van der Waals surface area contributed by atoms with E-state index >= 15 is 0 Å². The van der Waals surface area contributed by atoms with E-state index in [0.717, 1.165) is 17.0 Å². The lowest BCUT2D eigenvalue weighted by Crippen LogP contribution is -1.97. The summed E-state index contributed by atoms with van der Waals surface area (Å²) in [7, 11) is 0. The summed E-state index contributed by atoms with van der Waals surface area (Å²) < 4.78 is 3.54. The van der Waals surface area contributed by atoms with Gasteiger partial charge in [0.2, 0.25) is 0 Å². The van der Waals surface area contributed by atoms with Crippen molar-refractivity contribution in [2.75, 3.05) is 0 Å². The molecule has 0 aliphatic carbocycles. The number of pyridine rings is 1. The van der Waals surface area contributed by atoms with Gasteiger partial charge in [0.05, 0.1) is 17.4 Å². The van der Waals surface area contributed by atoms with E-state index in [1.807, 2.05) is 35.8 Å². The molecule has 0 amide bonds. The molecule has 0 saturated heterocycles. The molecule has 3 heterocycles. The van der Waals surface area contributed by atoms with Gasteiger partial charge in [-0.3, -0.25) is 0 Å². The van der Waals surface area contributed by atoms with Gasteiger partial charge in [-0.25, -0.2) is 14.2 Å². The van der Waals surface area contributed by atoms with E-state index in [4.69, 9.17) is 0 Å². The first kappa shape index (κ1) is 8.16. The number of nitrogens with zero attached hydrogens (tertiary/aromatic N) is 5. The normalized spacial score (nSPS) is 11.0. The molecule has 0 aromatic carbocycles. The van der Waals surface area contributed by atoms with Crippen LogP contribution in [0.3, 0.4) is 0 Å². The number of aromatic nitrogens is 5. The number of hydrogen-bond donors (Lipinski definition) is 0. The molecule has 3 aromatic rings. The van der Waals surface area contributed by atoms with Gasteiger partial charge in [-0.2, -0.15) is 10.2 Å². The average Bonchev–Trinajstić information content (AvgIpc) is 2.84. The smallest absolute Gasteiger partial charge is 0.147 e. The van der Waals surface area contributed by atoms with Crippen molar-refractivity contribution in [3.8, 4) is 5.69 Å². The van der Waals surface area contributed by atoms with Gasteiger partial charge in [-0.1, -0.05) is 0 Å². The lowest BCUT2D eigenvalue weighted by molar-refractivity contribution is 0.840. The fourth-order valence-corrected chi connectivity index (χ4v) is 1.51. The predicted molar refractivity (Wildman–Crippen MR) is 54.8 cm³/mol. The molecular weight excluding hydrogens is 190 g/mol. The molecule has 74 valence electrons. The standard InChI is InChI=1S/C10H9N5/c1-8-11-7-15(13-8)10-3-2-9-4-5-12-14(9)6-10/h2-7H,1H3. The quantitative estimate of drug-likeness (QED) is 0.592. The van der Waals surface area contributed by atoms with Crippen LogP contribution in [0.25, 0.3) is 11.2 Å². The van der Waals surface area contributed by atoms with Crippen molar-refractivity contribution in [2.45, 2.75) is 6.92 Å². The zero-order valence-electron chi connectivity index (χ0n) is 8.20. The average molecular weight is 199 g/mol. The molecule has 0 radical (unpaired) electrons. The Hall–Kier alpha value is -2.17. The van der Waals surface area contributed by atoms with Gasteiger partial charge in [-0.05, 0) is 25.1 Å². The molecule has 0 aliphatic rings. The molecule has 15 heavy (non-hydrogen) atoms. The third-order valence-corrected chi connectivity index (χ3v) is 2.25. The van der Waals surface area contributed by atoms with E-state index in [0.29, 0.717) is 0 Å². The summed E-state index contributed by atoms with van der Waals surface area (Å²) in [5.74, 6) is 0.760. The van der Waals surface area contributed by atoms with Crippen molar-refractivity contribution < 1.29 is 0 Å². The molecular formula is C10H9N5. The summed E-state index contributed by atoms with van der Waals surface area (Å²) in [6.07, 6.45) is 5.38. The van der Waals surface area contributed by atoms with Crippen molar-refractivity contribution in [3.05, 3.63) is 42.7 Å². The Kier molecular flexibility index (Phi) is 1.58. The van der Waals surface area contributed by atoms with E-state index in [9.17, 15) is 0 Å². The van der Waals surface area contributed by atoms with E-state index in [1.54, 1.807) is 17.2 Å². The van der Waals surface area contributed by atoms with Gasteiger partial charge in [0.1, 0.15) is 12.2 Å². The van der Waals surface area contributed by atoms with Crippen LogP contribution in [0.2, 0.25) is 0 Å². The Morgan fingerprint density at radius 1 is 1.20 bits per heavy atom. The second-order valence-electron chi connectivity index (χ2n) is 3.32. The van der Waals surface area contributed by atoms with E-state index in [2.05, 4.69) is 15.2 Å². The molecule has 5 nitrogen and oxygen atoms in total. The highest BCUT2D eigenvalue weighted by Gasteiger charge is 2.00. The Balaban J connectivity index is 2.18. The van der Waals surface area contributed by atoms with Crippen LogP contribution in [0.5, 0.6) is 0 Å². The van der Waals surface area contributed by atoms with Gasteiger partial charge < -0.3 is 0 Å². The van der Waals surface area contributed by atoms with E-state index in [1.165, 1.54) is 0 Å². The minimum atomic E-state index is 0.760. The molecule has 0 atom stereocenters. The van der Waals surface area contributed by atoms with Crippen LogP contribution in [0, 0.1) is 6.92 Å². The number of hydrogen-bond acceptors (Lipinski definition) is 3. The lowest BCUT2D eigenvalue weighted by Gasteiger charge is -2.00. The first-order chi connectivity index (χ1) is 7.33. The Bertz CT molecular complexity index is 607. The molecule has 0 aliphatic heterocycles. The van der Waals surface area contributed by atoms with E-state index in [-0.39, 0.29) is 0 Å². The summed E-state index contributed by atoms with van der Waals surface area (Å²) in [5.41, 5.74) is 2.02. The van der Waals surface area contributed by atoms with Crippen LogP contribution >= 0.6 is 0 Å². The second-order valence-corrected chi connectivity index (χ2v) is 3.32. The molecule has 3 rings (SSSR count). The fourth-order valence-electron chi connectivity index (χ4n) is 1.51. The highest BCUT2D eigenvalue weighted by atomic mass is 15.3. The molecule has 0 N–H and O–H groups in total. The molecule has 0 spiro atoms. The number of aryl methyl sites for hydroxylation is 1. The highest BCUT2D eigenvalue weighted by Crippen LogP contribution is 2.08. The van der Waals surface area contributed by atoms with Crippen molar-refractivity contribution in [3.63, 3.8) is 0 Å². The first-order valence-corrected chi connectivity index (χ1v) is 4.65. The molecule has 0 saturated carbocycles. The Morgan fingerprint density at radius 2 is 2.13 bits per heavy atom. The second kappa shape index (κ2) is 2.91. The predicted octanol–water partition coefficient (Wildman–Crippen LogP) is 1.22. The third-order valence-electron chi connectivity index (χ3n) is 2.25. The molecule has 3 aromatic heterocycles. The van der Waals surface area contributed by atoms with Gasteiger partial charge in [-0.15, -0.1) is 0 Å². The van der Waals surface area contributed by atoms with Crippen LogP contribution in [-0.4, -0.2) is 24.4 Å². The summed E-state index contributed by atoms with van der Waals surface area (Å²) in [5, 5.41) is 8.40. The van der Waals surface area contributed by atoms with Crippen molar-refractivity contribution >= 4 is 5.52 Å². The first-order valence-electron chi connectivity index (χ1n) is 4.65. The summed E-state index contributed by atoms with van der Waals surface area (Å²) in [4.78, 5) is 4.08. The third kappa shape index (κ3) is 1.28. The Morgan fingerprint density at radius 3 is 2.93 bits per heavy atom. The zero-order valence-corrected chi connectivity index (χ0v) is 8.20. The molecule has 0 unspecified atom stereocenters. The Labute approximate surface area is 86.0 Å². The van der Waals surface area contributed by atoms with Crippen molar-refractivity contribution in [1.29, 1.82) is 0 Å². The summed E-state index contributed by atoms with van der Waals surface area (Å²) in [6.45, 7) is 1.86. The largest absolute Gasteiger partial charge is 0.239 e. The fraction of sp³-hybridized carbons (Fsp3) is 0.100. The minimum Gasteiger partial charge on any atom is -0.239 e. The monoisotopic (exact) mass is 199 g/mol. The van der Waals surface area contributed by atoms with Gasteiger partial charge >= 0.3 is 0 Å².